The molecule has 7 atom stereocenters. The molecule has 1 aromatic carbocycles. The lowest BCUT2D eigenvalue weighted by molar-refractivity contribution is -0.222. The predicted molar refractivity (Wildman–Crippen MR) is 218 cm³/mol. The lowest BCUT2D eigenvalue weighted by Gasteiger charge is -2.46. The van der Waals surface area contributed by atoms with Crippen molar-refractivity contribution < 1.29 is 55.3 Å². The fourth-order valence-corrected chi connectivity index (χ4v) is 10.4. The van der Waals surface area contributed by atoms with E-state index in [0.29, 0.717) is 69.2 Å². The van der Waals surface area contributed by atoms with Crippen molar-refractivity contribution in [1.29, 1.82) is 0 Å². The maximum absolute atomic E-state index is 15.2. The molecule has 0 spiro atoms. The summed E-state index contributed by atoms with van der Waals surface area (Å²) in [6, 6.07) is 2.07. The van der Waals surface area contributed by atoms with Crippen molar-refractivity contribution in [3.05, 3.63) is 36.5 Å². The number of likely N-dealkylation sites (N-methyl/N-ethyl adjacent to an activating group) is 1. The van der Waals surface area contributed by atoms with Crippen LogP contribution in [0.4, 0.5) is 23.7 Å². The number of ether oxygens (including phenoxy) is 2. The van der Waals surface area contributed by atoms with Gasteiger partial charge in [-0.15, -0.1) is 0 Å². The summed E-state index contributed by atoms with van der Waals surface area (Å²) in [5, 5.41) is 14.6. The summed E-state index contributed by atoms with van der Waals surface area (Å²) in [4.78, 5) is 64.8. The van der Waals surface area contributed by atoms with Crippen LogP contribution in [0.5, 0.6) is 11.6 Å². The third-order valence-electron chi connectivity index (χ3n) is 13.5. The van der Waals surface area contributed by atoms with E-state index in [1.807, 2.05) is 31.0 Å². The number of carbonyl (C=O) groups excluding carboxylic acids is 3. The molecule has 0 unspecified atom stereocenters. The number of benzene rings is 1. The molecule has 61 heavy (non-hydrogen) atoms. The number of amides is 4. The number of hydrogen-bond acceptors (Lipinski definition) is 10. The zero-order valence-corrected chi connectivity index (χ0v) is 36.1. The minimum absolute atomic E-state index is 0.0536. The third kappa shape index (κ3) is 8.06. The molecule has 5 aliphatic rings. The molecule has 1 aromatic heterocycles. The topological polar surface area (TPSA) is 188 Å². The van der Waals surface area contributed by atoms with Crippen LogP contribution in [0.1, 0.15) is 86.0 Å². The molecule has 2 aliphatic carbocycles. The number of nitrogens with zero attached hydrogens (tertiary/aromatic N) is 4. The molecule has 7 rings (SSSR count). The van der Waals surface area contributed by atoms with E-state index in [2.05, 4.69) is 15.0 Å². The first kappa shape index (κ1) is 44.3. The molecule has 19 heteroatoms. The number of anilines is 1. The predicted octanol–water partition coefficient (Wildman–Crippen LogP) is 5.38. The Balaban J connectivity index is 1.30. The Hall–Kier alpha value is -4.81. The second kappa shape index (κ2) is 15.8. The second-order valence-electron chi connectivity index (χ2n) is 18.2. The third-order valence-corrected chi connectivity index (χ3v) is 15.7. The maximum atomic E-state index is 15.2. The number of nitrogens with one attached hydrogen (secondary N) is 2. The van der Waals surface area contributed by atoms with Gasteiger partial charge in [0.1, 0.15) is 35.9 Å². The van der Waals surface area contributed by atoms with E-state index >= 15 is 4.79 Å². The second-order valence-corrected chi connectivity index (χ2v) is 20.4. The first-order valence-corrected chi connectivity index (χ1v) is 22.4. The summed E-state index contributed by atoms with van der Waals surface area (Å²) in [6.45, 7) is 7.27. The summed E-state index contributed by atoms with van der Waals surface area (Å²) < 4.78 is 84.6. The largest absolute Gasteiger partial charge is 0.489 e. The molecular formula is C42H55F3N6O9S. The van der Waals surface area contributed by atoms with Gasteiger partial charge in [0.25, 0.3) is 5.91 Å². The highest BCUT2D eigenvalue weighted by molar-refractivity contribution is 7.91. The van der Waals surface area contributed by atoms with E-state index in [9.17, 15) is 41.1 Å². The number of halogens is 3. The molecule has 0 bridgehead atoms. The van der Waals surface area contributed by atoms with Gasteiger partial charge in [0.2, 0.25) is 27.7 Å². The van der Waals surface area contributed by atoms with Gasteiger partial charge in [-0.2, -0.15) is 13.2 Å². The molecule has 2 saturated carbocycles. The lowest BCUT2D eigenvalue weighted by atomic mass is 9.82. The number of allylic oxidation sites excluding steroid dienone is 1. The average molecular weight is 877 g/mol. The first-order chi connectivity index (χ1) is 28.5. The highest BCUT2D eigenvalue weighted by atomic mass is 32.2. The van der Waals surface area contributed by atoms with Gasteiger partial charge in [-0.05, 0) is 89.3 Å². The Labute approximate surface area is 353 Å². The van der Waals surface area contributed by atoms with Crippen LogP contribution in [0, 0.1) is 17.8 Å². The Kier molecular flexibility index (Phi) is 11.5. The van der Waals surface area contributed by atoms with Crippen LogP contribution in [0.2, 0.25) is 0 Å². The number of carboxylic acid groups (broad SMARTS) is 1. The van der Waals surface area contributed by atoms with Crippen LogP contribution < -0.4 is 24.4 Å². The fourth-order valence-electron chi connectivity index (χ4n) is 9.07. The monoisotopic (exact) mass is 876 g/mol. The minimum Gasteiger partial charge on any atom is -0.489 e. The Morgan fingerprint density at radius 2 is 1.87 bits per heavy atom. The fraction of sp³-hybridized carbons (Fsp3) is 0.643. The maximum Gasteiger partial charge on any atom is 0.411 e. The number of carbonyl (C=O) groups is 4. The zero-order chi connectivity index (χ0) is 44.4. The number of hydrogen-bond donors (Lipinski definition) is 3. The molecule has 4 amide bonds. The van der Waals surface area contributed by atoms with Crippen molar-refractivity contribution >= 4 is 50.3 Å². The summed E-state index contributed by atoms with van der Waals surface area (Å²) in [5.41, 5.74) is -3.90. The van der Waals surface area contributed by atoms with Gasteiger partial charge < -0.3 is 29.7 Å². The van der Waals surface area contributed by atoms with E-state index in [0.717, 1.165) is 10.6 Å². The van der Waals surface area contributed by atoms with E-state index < -0.39 is 85.9 Å². The Bertz CT molecular complexity index is 2230. The molecule has 4 heterocycles. The molecule has 334 valence electrons. The van der Waals surface area contributed by atoms with Crippen LogP contribution in [0.25, 0.3) is 10.8 Å². The van der Waals surface area contributed by atoms with Crippen LogP contribution in [-0.4, -0.2) is 119 Å². The molecule has 15 nitrogen and oxygen atoms in total. The summed E-state index contributed by atoms with van der Waals surface area (Å²) in [5.74, 6) is -3.76. The molecule has 3 fully saturated rings. The molecule has 1 saturated heterocycles. The minimum atomic E-state index is -5.10. The van der Waals surface area contributed by atoms with Gasteiger partial charge in [-0.1, -0.05) is 32.4 Å². The number of fused-ring (bicyclic) bond motifs is 5. The number of sulfonamides is 1. The standard InChI is InChI=1S/C42H55F3N6O9S/c1-7-25-20-24(2)10-8-9-11-26-22-41(26,37(54)48-61(57,58)40(5)15-16-40)47-34(52)31-21-27(23-50(31)36(53)32(25)51(38(55)56)39(3,4)42(43,44)45)60-35-29-12-13-30-33(28(29)14-17-46-35)59-19-18-49(30)6/h9,11-14,17,24-27,31-32H,7-8,10,15-16,18-23H2,1-6H3,(H,47,52)(H,48,54)(H,55,56)/b11-9-/t24-,25+,26+,27+,31-,32-,41+/m0/s1. The van der Waals surface area contributed by atoms with E-state index in [-0.39, 0.29) is 48.9 Å². The summed E-state index contributed by atoms with van der Waals surface area (Å²) >= 11 is 0. The van der Waals surface area contributed by atoms with Crippen molar-refractivity contribution in [3.63, 3.8) is 0 Å². The number of pyridine rings is 1. The highest BCUT2D eigenvalue weighted by Gasteiger charge is 2.64. The number of aromatic nitrogens is 1. The van der Waals surface area contributed by atoms with Crippen LogP contribution in [0.3, 0.4) is 0 Å². The van der Waals surface area contributed by atoms with Crippen molar-refractivity contribution in [2.45, 2.75) is 126 Å². The smallest absolute Gasteiger partial charge is 0.411 e. The van der Waals surface area contributed by atoms with Crippen molar-refractivity contribution in [1.82, 2.24) is 24.8 Å². The van der Waals surface area contributed by atoms with E-state index in [4.69, 9.17) is 9.47 Å². The SMILES string of the molecule is CC[C@@H]1C[C@@H](C)CC/C=C\[C@@H]2C[C@@]2(C(=O)NS(=O)(=O)C2(C)CC2)NC(=O)[C@@H]2C[C@@H](Oc3nccc4c5c(ccc34)N(C)CCO5)CN2C(=O)[C@H]1N(C(=O)O)C(C)(C)C(F)(F)F. The Morgan fingerprint density at radius 1 is 1.15 bits per heavy atom. The van der Waals surface area contributed by atoms with E-state index in [1.54, 1.807) is 25.1 Å². The number of rotatable bonds is 8. The van der Waals surface area contributed by atoms with Crippen LogP contribution >= 0.6 is 0 Å². The van der Waals surface area contributed by atoms with Gasteiger partial charge >= 0.3 is 12.3 Å². The van der Waals surface area contributed by atoms with Gasteiger partial charge in [0, 0.05) is 36.4 Å². The highest BCUT2D eigenvalue weighted by Crippen LogP contribution is 2.48. The number of alkyl halides is 3. The summed E-state index contributed by atoms with van der Waals surface area (Å²) in [7, 11) is -2.19. The lowest BCUT2D eigenvalue weighted by Crippen LogP contribution is -2.66. The Morgan fingerprint density at radius 3 is 2.52 bits per heavy atom. The van der Waals surface area contributed by atoms with Gasteiger partial charge in [-0.25, -0.2) is 18.2 Å². The normalized spacial score (nSPS) is 29.7. The van der Waals surface area contributed by atoms with Gasteiger partial charge in [0.15, 0.2) is 5.75 Å². The van der Waals surface area contributed by atoms with Crippen molar-refractivity contribution in [2.75, 3.05) is 31.6 Å². The molecule has 0 radical (unpaired) electrons. The first-order valence-electron chi connectivity index (χ1n) is 20.9. The van der Waals surface area contributed by atoms with Crippen molar-refractivity contribution in [3.8, 4) is 11.6 Å². The molecule has 3 aliphatic heterocycles. The van der Waals surface area contributed by atoms with Crippen LogP contribution in [-0.2, 0) is 24.4 Å². The summed E-state index contributed by atoms with van der Waals surface area (Å²) in [6.07, 6.45) is -1.09. The van der Waals surface area contributed by atoms with Gasteiger partial charge in [0.05, 0.1) is 23.5 Å². The zero-order valence-electron chi connectivity index (χ0n) is 35.3. The van der Waals surface area contributed by atoms with Gasteiger partial charge in [-0.3, -0.25) is 24.0 Å². The van der Waals surface area contributed by atoms with E-state index in [1.165, 1.54) is 13.1 Å². The molecular weight excluding hydrogens is 822 g/mol. The molecule has 2 aromatic rings. The molecule has 3 N–H and O–H groups in total. The van der Waals surface area contributed by atoms with Crippen molar-refractivity contribution in [2.24, 2.45) is 17.8 Å². The van der Waals surface area contributed by atoms with Crippen LogP contribution in [0.15, 0.2) is 36.5 Å². The quantitative estimate of drug-likeness (QED) is 0.289. The average Bonchev–Trinajstić information content (AvgIpc) is 4.07.